The molecular formula is C16H22ClN3O. The predicted octanol–water partition coefficient (Wildman–Crippen LogP) is 4.02. The second-order valence-corrected chi connectivity index (χ2v) is 6.65. The summed E-state index contributed by atoms with van der Waals surface area (Å²) < 4.78 is 5.69. The molecule has 1 N–H and O–H groups in total. The van der Waals surface area contributed by atoms with Crippen LogP contribution in [0.25, 0.3) is 11.5 Å². The van der Waals surface area contributed by atoms with Crippen molar-refractivity contribution < 1.29 is 4.42 Å². The van der Waals surface area contributed by atoms with E-state index in [1.54, 1.807) is 0 Å². The van der Waals surface area contributed by atoms with E-state index in [0.717, 1.165) is 30.5 Å². The van der Waals surface area contributed by atoms with Crippen LogP contribution >= 0.6 is 11.6 Å². The average molecular weight is 308 g/mol. The summed E-state index contributed by atoms with van der Waals surface area (Å²) in [6.07, 6.45) is 1.74. The summed E-state index contributed by atoms with van der Waals surface area (Å²) in [6.45, 7) is 9.35. The summed E-state index contributed by atoms with van der Waals surface area (Å²) in [6, 6.07) is 5.75. The van der Waals surface area contributed by atoms with Crippen LogP contribution in [0.4, 0.5) is 0 Å². The summed E-state index contributed by atoms with van der Waals surface area (Å²) in [5, 5.41) is 12.3. The van der Waals surface area contributed by atoms with Crippen molar-refractivity contribution in [1.82, 2.24) is 15.5 Å². The highest BCUT2D eigenvalue weighted by atomic mass is 35.5. The van der Waals surface area contributed by atoms with E-state index in [1.165, 1.54) is 0 Å². The lowest BCUT2D eigenvalue weighted by Gasteiger charge is -2.19. The van der Waals surface area contributed by atoms with Crippen molar-refractivity contribution in [2.45, 2.75) is 46.1 Å². The molecule has 0 radical (unpaired) electrons. The number of hydrogen-bond donors (Lipinski definition) is 1. The first-order valence-corrected chi connectivity index (χ1v) is 7.57. The number of aryl methyl sites for hydroxylation is 2. The quantitative estimate of drug-likeness (QED) is 0.848. The first kappa shape index (κ1) is 16.0. The van der Waals surface area contributed by atoms with E-state index >= 15 is 0 Å². The van der Waals surface area contributed by atoms with E-state index < -0.39 is 0 Å². The lowest BCUT2D eigenvalue weighted by atomic mass is 10.1. The van der Waals surface area contributed by atoms with Crippen molar-refractivity contribution in [3.8, 4) is 11.5 Å². The standard InChI is InChI=1S/C16H22ClN3O/c1-11-7-8-12(10-13(11)17)15-20-19-14(21-15)6-5-9-18-16(2,3)4/h7-8,10,18H,5-6,9H2,1-4H3. The van der Waals surface area contributed by atoms with Crippen LogP contribution in [0.2, 0.25) is 5.02 Å². The third-order valence-electron chi connectivity index (χ3n) is 3.11. The molecule has 0 unspecified atom stereocenters. The second kappa shape index (κ2) is 6.58. The molecule has 21 heavy (non-hydrogen) atoms. The molecule has 0 saturated heterocycles. The van der Waals surface area contributed by atoms with Gasteiger partial charge >= 0.3 is 0 Å². The van der Waals surface area contributed by atoms with Crippen molar-refractivity contribution in [3.63, 3.8) is 0 Å². The Labute approximate surface area is 130 Å². The van der Waals surface area contributed by atoms with E-state index in [4.69, 9.17) is 16.0 Å². The zero-order valence-corrected chi connectivity index (χ0v) is 13.8. The summed E-state index contributed by atoms with van der Waals surface area (Å²) in [7, 11) is 0. The van der Waals surface area contributed by atoms with Crippen LogP contribution < -0.4 is 5.32 Å². The summed E-state index contributed by atoms with van der Waals surface area (Å²) >= 11 is 6.12. The van der Waals surface area contributed by atoms with Gasteiger partial charge in [0.05, 0.1) is 0 Å². The average Bonchev–Trinajstić information content (AvgIpc) is 2.86. The molecule has 0 bridgehead atoms. The minimum Gasteiger partial charge on any atom is -0.421 e. The van der Waals surface area contributed by atoms with Crippen LogP contribution in [-0.2, 0) is 6.42 Å². The molecule has 1 aromatic heterocycles. The Morgan fingerprint density at radius 2 is 2.00 bits per heavy atom. The number of nitrogens with zero attached hydrogens (tertiary/aromatic N) is 2. The Balaban J connectivity index is 1.93. The number of benzene rings is 1. The van der Waals surface area contributed by atoms with E-state index in [2.05, 4.69) is 36.3 Å². The van der Waals surface area contributed by atoms with Crippen LogP contribution in [0, 0.1) is 6.92 Å². The van der Waals surface area contributed by atoms with Gasteiger partial charge in [0.15, 0.2) is 0 Å². The van der Waals surface area contributed by atoms with Gasteiger partial charge < -0.3 is 9.73 Å². The molecule has 0 aliphatic carbocycles. The Morgan fingerprint density at radius 1 is 1.24 bits per heavy atom. The first-order chi connectivity index (χ1) is 9.85. The van der Waals surface area contributed by atoms with Crippen molar-refractivity contribution in [2.24, 2.45) is 0 Å². The third-order valence-corrected chi connectivity index (χ3v) is 3.52. The molecule has 0 saturated carbocycles. The van der Waals surface area contributed by atoms with E-state index in [9.17, 15) is 0 Å². The highest BCUT2D eigenvalue weighted by molar-refractivity contribution is 6.31. The van der Waals surface area contributed by atoms with E-state index in [0.29, 0.717) is 16.8 Å². The maximum atomic E-state index is 6.12. The highest BCUT2D eigenvalue weighted by Gasteiger charge is 2.11. The topological polar surface area (TPSA) is 51.0 Å². The Morgan fingerprint density at radius 3 is 2.67 bits per heavy atom. The molecule has 0 spiro atoms. The van der Waals surface area contributed by atoms with Gasteiger partial charge in [-0.2, -0.15) is 0 Å². The highest BCUT2D eigenvalue weighted by Crippen LogP contribution is 2.24. The summed E-state index contributed by atoms with van der Waals surface area (Å²) in [5.41, 5.74) is 2.03. The number of hydrogen-bond acceptors (Lipinski definition) is 4. The molecule has 4 nitrogen and oxygen atoms in total. The van der Waals surface area contributed by atoms with E-state index in [1.807, 2.05) is 25.1 Å². The van der Waals surface area contributed by atoms with Crippen LogP contribution in [0.3, 0.4) is 0 Å². The monoisotopic (exact) mass is 307 g/mol. The smallest absolute Gasteiger partial charge is 0.247 e. The number of aromatic nitrogens is 2. The zero-order chi connectivity index (χ0) is 15.5. The van der Waals surface area contributed by atoms with Gasteiger partial charge in [-0.1, -0.05) is 17.7 Å². The molecule has 1 heterocycles. The van der Waals surface area contributed by atoms with E-state index in [-0.39, 0.29) is 5.54 Å². The molecule has 0 aliphatic rings. The van der Waals surface area contributed by atoms with Crippen LogP contribution in [-0.4, -0.2) is 22.3 Å². The SMILES string of the molecule is Cc1ccc(-c2nnc(CCCNC(C)(C)C)o2)cc1Cl. The fourth-order valence-electron chi connectivity index (χ4n) is 1.90. The van der Waals surface area contributed by atoms with Gasteiger partial charge in [0.2, 0.25) is 11.8 Å². The molecule has 114 valence electrons. The first-order valence-electron chi connectivity index (χ1n) is 7.19. The largest absolute Gasteiger partial charge is 0.421 e. The number of rotatable bonds is 5. The Hall–Kier alpha value is -1.39. The van der Waals surface area contributed by atoms with Gasteiger partial charge in [0.25, 0.3) is 0 Å². The van der Waals surface area contributed by atoms with Gasteiger partial charge in [-0.05, 0) is 58.4 Å². The summed E-state index contributed by atoms with van der Waals surface area (Å²) in [4.78, 5) is 0. The second-order valence-electron chi connectivity index (χ2n) is 6.25. The minimum atomic E-state index is 0.138. The molecule has 0 fully saturated rings. The normalized spacial score (nSPS) is 11.9. The van der Waals surface area contributed by atoms with Gasteiger partial charge in [-0.15, -0.1) is 10.2 Å². The minimum absolute atomic E-state index is 0.138. The molecule has 1 aromatic carbocycles. The molecule has 2 aromatic rings. The fourth-order valence-corrected chi connectivity index (χ4v) is 2.08. The molecule has 0 amide bonds. The third kappa shape index (κ3) is 4.83. The molecule has 2 rings (SSSR count). The van der Waals surface area contributed by atoms with Gasteiger partial charge in [0.1, 0.15) is 0 Å². The number of halogens is 1. The predicted molar refractivity (Wildman–Crippen MR) is 85.6 cm³/mol. The van der Waals surface area contributed by atoms with Crippen LogP contribution in [0.1, 0.15) is 38.6 Å². The lowest BCUT2D eigenvalue weighted by molar-refractivity contribution is 0.412. The Bertz CT molecular complexity index is 602. The summed E-state index contributed by atoms with van der Waals surface area (Å²) in [5.74, 6) is 1.19. The van der Waals surface area contributed by atoms with Crippen molar-refractivity contribution in [1.29, 1.82) is 0 Å². The van der Waals surface area contributed by atoms with Crippen molar-refractivity contribution in [3.05, 3.63) is 34.7 Å². The lowest BCUT2D eigenvalue weighted by Crippen LogP contribution is -2.36. The zero-order valence-electron chi connectivity index (χ0n) is 13.0. The molecule has 0 atom stereocenters. The van der Waals surface area contributed by atoms with Crippen molar-refractivity contribution >= 4 is 11.6 Å². The molecular weight excluding hydrogens is 286 g/mol. The Kier molecular flexibility index (Phi) is 5.01. The van der Waals surface area contributed by atoms with Gasteiger partial charge in [0, 0.05) is 22.5 Å². The van der Waals surface area contributed by atoms with Crippen LogP contribution in [0.5, 0.6) is 0 Å². The van der Waals surface area contributed by atoms with Gasteiger partial charge in [-0.3, -0.25) is 0 Å². The maximum absolute atomic E-state index is 6.12. The van der Waals surface area contributed by atoms with Crippen LogP contribution in [0.15, 0.2) is 22.6 Å². The van der Waals surface area contributed by atoms with Gasteiger partial charge in [-0.25, -0.2) is 0 Å². The van der Waals surface area contributed by atoms with Crippen molar-refractivity contribution in [2.75, 3.05) is 6.54 Å². The molecule has 5 heteroatoms. The number of nitrogens with one attached hydrogen (secondary N) is 1. The fraction of sp³-hybridized carbons (Fsp3) is 0.500. The maximum Gasteiger partial charge on any atom is 0.247 e. The molecule has 0 aliphatic heterocycles.